The third-order valence-corrected chi connectivity index (χ3v) is 8.59. The number of carbonyl (C=O) groups is 1. The molecule has 0 amide bonds. The van der Waals surface area contributed by atoms with Gasteiger partial charge in [0.25, 0.3) is 0 Å². The average Bonchev–Trinajstić information content (AvgIpc) is 3.60. The van der Waals surface area contributed by atoms with Crippen molar-refractivity contribution in [3.63, 3.8) is 0 Å². The summed E-state index contributed by atoms with van der Waals surface area (Å²) in [5.41, 5.74) is -0.650. The van der Waals surface area contributed by atoms with Crippen LogP contribution in [0.4, 0.5) is 0 Å². The first-order valence-corrected chi connectivity index (χ1v) is 13.8. The van der Waals surface area contributed by atoms with Crippen molar-refractivity contribution >= 4 is 28.6 Å². The van der Waals surface area contributed by atoms with Crippen molar-refractivity contribution in [2.45, 2.75) is 49.9 Å². The Balaban J connectivity index is 1.24. The van der Waals surface area contributed by atoms with E-state index in [-0.39, 0.29) is 12.7 Å². The zero-order valence-corrected chi connectivity index (χ0v) is 21.6. The molecule has 0 saturated heterocycles. The molecule has 1 aromatic carbocycles. The number of benzene rings is 1. The summed E-state index contributed by atoms with van der Waals surface area (Å²) < 4.78 is 11.7. The van der Waals surface area contributed by atoms with Crippen LogP contribution in [-0.4, -0.2) is 60.0 Å². The minimum absolute atomic E-state index is 0.149. The molecule has 0 bridgehead atoms. The van der Waals surface area contributed by atoms with Crippen LogP contribution in [0.2, 0.25) is 0 Å². The molecule has 2 N–H and O–H groups in total. The zero-order chi connectivity index (χ0) is 24.7. The molecule has 35 heavy (non-hydrogen) atoms. The molecular weight excluding hydrogens is 482 g/mol. The van der Waals surface area contributed by atoms with Gasteiger partial charge < -0.3 is 24.6 Å². The van der Waals surface area contributed by atoms with E-state index in [2.05, 4.69) is 11.9 Å². The van der Waals surface area contributed by atoms with E-state index < -0.39 is 11.6 Å². The summed E-state index contributed by atoms with van der Waals surface area (Å²) in [5, 5.41) is 24.2. The lowest BCUT2D eigenvalue weighted by Gasteiger charge is -2.35. The molecule has 6 nitrogen and oxygen atoms in total. The quantitative estimate of drug-likeness (QED) is 0.368. The molecule has 1 fully saturated rings. The van der Waals surface area contributed by atoms with E-state index in [4.69, 9.17) is 14.6 Å². The molecule has 0 unspecified atom stereocenters. The lowest BCUT2D eigenvalue weighted by molar-refractivity contribution is -0.169. The number of rotatable bonds is 11. The van der Waals surface area contributed by atoms with Crippen molar-refractivity contribution in [3.05, 3.63) is 74.6 Å². The Morgan fingerprint density at radius 3 is 2.20 bits per heavy atom. The smallest absolute Gasteiger partial charge is 0.349 e. The fourth-order valence-electron chi connectivity index (χ4n) is 4.50. The van der Waals surface area contributed by atoms with Gasteiger partial charge in [-0.15, -0.1) is 22.7 Å². The lowest BCUT2D eigenvalue weighted by atomic mass is 9.91. The number of likely N-dealkylation sites (N-methyl/N-ethyl adjacent to an activating group) is 1. The first-order valence-electron chi connectivity index (χ1n) is 12.0. The molecule has 1 saturated carbocycles. The summed E-state index contributed by atoms with van der Waals surface area (Å²) in [6.07, 6.45) is 3.88. The van der Waals surface area contributed by atoms with Crippen molar-refractivity contribution in [1.82, 2.24) is 4.90 Å². The number of hydrogen-bond acceptors (Lipinski definition) is 8. The molecule has 0 spiro atoms. The van der Waals surface area contributed by atoms with E-state index in [0.717, 1.165) is 43.5 Å². The van der Waals surface area contributed by atoms with E-state index in [1.165, 1.54) is 22.7 Å². The number of nitrogens with zero attached hydrogens (tertiary/aromatic N) is 1. The van der Waals surface area contributed by atoms with Gasteiger partial charge in [-0.2, -0.15) is 0 Å². The van der Waals surface area contributed by atoms with Gasteiger partial charge in [-0.25, -0.2) is 4.79 Å². The topological polar surface area (TPSA) is 79.2 Å². The summed E-state index contributed by atoms with van der Waals surface area (Å²) >= 11 is 2.72. The monoisotopic (exact) mass is 515 g/mol. The third kappa shape index (κ3) is 6.32. The maximum absolute atomic E-state index is 13.2. The molecule has 0 atom stereocenters. The van der Waals surface area contributed by atoms with Crippen LogP contribution in [-0.2, 0) is 21.6 Å². The highest BCUT2D eigenvalue weighted by molar-refractivity contribution is 7.12. The second-order valence-electron chi connectivity index (χ2n) is 8.95. The van der Waals surface area contributed by atoms with Crippen LogP contribution in [0.15, 0.2) is 59.3 Å². The molecule has 2 heterocycles. The first kappa shape index (κ1) is 25.9. The van der Waals surface area contributed by atoms with Crippen molar-refractivity contribution in [2.24, 2.45) is 0 Å². The van der Waals surface area contributed by atoms with Crippen LogP contribution >= 0.6 is 22.7 Å². The van der Waals surface area contributed by atoms with E-state index in [1.807, 2.05) is 47.2 Å². The number of hydrogen-bond donors (Lipinski definition) is 2. The van der Waals surface area contributed by atoms with Crippen molar-refractivity contribution in [2.75, 3.05) is 26.8 Å². The standard InChI is InChI=1S/C27H33NO5S2/c1-28(15-17-32-22-10-6-20(7-11-22)14-16-29)21-8-12-23(13-9-21)33-26(30)27(31,24-4-2-18-34-24)25-5-3-19-35-25/h2-7,10-11,18-19,21,23,29,31H,8-9,12-17H2,1H3/t21-,23-. The number of carbonyl (C=O) groups excluding carboxylic acids is 1. The van der Waals surface area contributed by atoms with Crippen LogP contribution in [0.25, 0.3) is 0 Å². The Morgan fingerprint density at radius 1 is 1.03 bits per heavy atom. The normalized spacial score (nSPS) is 18.5. The molecule has 8 heteroatoms. The van der Waals surface area contributed by atoms with Crippen LogP contribution < -0.4 is 4.74 Å². The molecule has 3 aromatic rings. The molecule has 1 aliphatic rings. The fourth-order valence-corrected chi connectivity index (χ4v) is 6.22. The van der Waals surface area contributed by atoms with Gasteiger partial charge in [-0.05, 0) is 79.7 Å². The minimum atomic E-state index is -1.75. The van der Waals surface area contributed by atoms with Gasteiger partial charge in [0, 0.05) is 19.2 Å². The zero-order valence-electron chi connectivity index (χ0n) is 20.0. The van der Waals surface area contributed by atoms with E-state index in [9.17, 15) is 9.90 Å². The number of thiophene rings is 2. The maximum atomic E-state index is 13.2. The Labute approximate surface area is 214 Å². The molecule has 1 aliphatic carbocycles. The van der Waals surface area contributed by atoms with Gasteiger partial charge in [0.2, 0.25) is 5.60 Å². The van der Waals surface area contributed by atoms with Crippen molar-refractivity contribution in [3.8, 4) is 5.75 Å². The first-order chi connectivity index (χ1) is 17.0. The van der Waals surface area contributed by atoms with Gasteiger partial charge in [0.15, 0.2) is 0 Å². The highest BCUT2D eigenvalue weighted by Gasteiger charge is 2.45. The highest BCUT2D eigenvalue weighted by atomic mass is 32.1. The predicted molar refractivity (Wildman–Crippen MR) is 139 cm³/mol. The number of ether oxygens (including phenoxy) is 2. The number of aliphatic hydroxyl groups is 2. The summed E-state index contributed by atoms with van der Waals surface area (Å²) in [7, 11) is 2.11. The second kappa shape index (κ2) is 12.1. The Kier molecular flexibility index (Phi) is 8.97. The molecule has 2 aromatic heterocycles. The van der Waals surface area contributed by atoms with E-state index >= 15 is 0 Å². The number of esters is 1. The molecule has 4 rings (SSSR count). The van der Waals surface area contributed by atoms with Crippen molar-refractivity contribution in [1.29, 1.82) is 0 Å². The lowest BCUT2D eigenvalue weighted by Crippen LogP contribution is -2.42. The van der Waals surface area contributed by atoms with Crippen LogP contribution in [0.5, 0.6) is 5.75 Å². The second-order valence-corrected chi connectivity index (χ2v) is 10.8. The van der Waals surface area contributed by atoms with E-state index in [1.54, 1.807) is 12.1 Å². The Bertz CT molecular complexity index is 994. The highest BCUT2D eigenvalue weighted by Crippen LogP contribution is 2.38. The fraction of sp³-hybridized carbons (Fsp3) is 0.444. The summed E-state index contributed by atoms with van der Waals surface area (Å²) in [6.45, 7) is 1.56. The van der Waals surface area contributed by atoms with Gasteiger partial charge in [-0.1, -0.05) is 24.3 Å². The maximum Gasteiger partial charge on any atom is 0.349 e. The van der Waals surface area contributed by atoms with Gasteiger partial charge in [-0.3, -0.25) is 0 Å². The Morgan fingerprint density at radius 2 is 1.66 bits per heavy atom. The van der Waals surface area contributed by atoms with Gasteiger partial charge in [0.05, 0.1) is 9.75 Å². The Hall–Kier alpha value is -2.23. The molecular formula is C27H33NO5S2. The predicted octanol–water partition coefficient (Wildman–Crippen LogP) is 4.45. The van der Waals surface area contributed by atoms with Crippen LogP contribution in [0.1, 0.15) is 41.0 Å². The minimum Gasteiger partial charge on any atom is -0.492 e. The summed E-state index contributed by atoms with van der Waals surface area (Å²) in [4.78, 5) is 16.7. The average molecular weight is 516 g/mol. The van der Waals surface area contributed by atoms with Gasteiger partial charge >= 0.3 is 5.97 Å². The molecule has 188 valence electrons. The third-order valence-electron chi connectivity index (χ3n) is 6.63. The van der Waals surface area contributed by atoms with Gasteiger partial charge in [0.1, 0.15) is 18.5 Å². The number of aliphatic hydroxyl groups excluding tert-OH is 1. The van der Waals surface area contributed by atoms with E-state index in [0.29, 0.717) is 28.8 Å². The summed E-state index contributed by atoms with van der Waals surface area (Å²) in [6, 6.07) is 15.5. The van der Waals surface area contributed by atoms with Crippen LogP contribution in [0, 0.1) is 0 Å². The SMILES string of the molecule is CN(CCOc1ccc(CCO)cc1)[C@H]1CC[C@H](OC(=O)C(O)(c2cccs2)c2cccs2)CC1. The largest absolute Gasteiger partial charge is 0.492 e. The molecule has 0 aliphatic heterocycles. The molecule has 0 radical (unpaired) electrons. The van der Waals surface area contributed by atoms with Crippen LogP contribution in [0.3, 0.4) is 0 Å². The van der Waals surface area contributed by atoms with Crippen molar-refractivity contribution < 1.29 is 24.5 Å². The summed E-state index contributed by atoms with van der Waals surface area (Å²) in [5.74, 6) is 0.247.